The zero-order chi connectivity index (χ0) is 8.27. The fourth-order valence-corrected chi connectivity index (χ4v) is 0.701. The van der Waals surface area contributed by atoms with Crippen LogP contribution in [0.2, 0.25) is 0 Å². The second-order valence-electron chi connectivity index (χ2n) is 1.87. The van der Waals surface area contributed by atoms with Gasteiger partial charge in [0, 0.05) is 19.4 Å². The number of nitrogens with zero attached hydrogens (tertiary/aromatic N) is 2. The van der Waals surface area contributed by atoms with Crippen LogP contribution >= 0.6 is 0 Å². The molecule has 0 unspecified atom stereocenters. The minimum absolute atomic E-state index is 0.162. The van der Waals surface area contributed by atoms with E-state index < -0.39 is 5.91 Å². The Morgan fingerprint density at radius 3 is 2.64 bits per heavy atom. The largest absolute Gasteiger partial charge is 0.371 e. The predicted molar refractivity (Wildman–Crippen MR) is 40.1 cm³/mol. The van der Waals surface area contributed by atoms with E-state index in [9.17, 15) is 4.79 Å². The lowest BCUT2D eigenvalue weighted by Crippen LogP contribution is -2.16. The normalized spacial score (nSPS) is 9.18. The van der Waals surface area contributed by atoms with Gasteiger partial charge in [0.05, 0.1) is 0 Å². The zero-order valence-corrected chi connectivity index (χ0v) is 6.03. The third kappa shape index (κ3) is 1.43. The van der Waals surface area contributed by atoms with Gasteiger partial charge in [-0.1, -0.05) is 0 Å². The molecule has 1 aromatic rings. The molecular formula is C6H8N4O. The first kappa shape index (κ1) is 7.46. The number of carbonyl (C=O) groups excluding carboxylic acids is 1. The Kier molecular flexibility index (Phi) is 2.00. The summed E-state index contributed by atoms with van der Waals surface area (Å²) >= 11 is 0. The van der Waals surface area contributed by atoms with Gasteiger partial charge in [-0.25, -0.2) is 9.97 Å². The van der Waals surface area contributed by atoms with Crippen LogP contribution < -0.4 is 11.1 Å². The van der Waals surface area contributed by atoms with Crippen LogP contribution in [0.5, 0.6) is 0 Å². The fourth-order valence-electron chi connectivity index (χ4n) is 0.701. The van der Waals surface area contributed by atoms with Gasteiger partial charge in [-0.3, -0.25) is 4.79 Å². The molecule has 1 aromatic heterocycles. The van der Waals surface area contributed by atoms with E-state index in [-0.39, 0.29) is 5.69 Å². The lowest BCUT2D eigenvalue weighted by atomic mass is 10.4. The number of hydrogen-bond acceptors (Lipinski definition) is 4. The van der Waals surface area contributed by atoms with Gasteiger partial charge in [-0.05, 0) is 0 Å². The van der Waals surface area contributed by atoms with E-state index in [4.69, 9.17) is 5.73 Å². The number of amides is 1. The van der Waals surface area contributed by atoms with Crippen molar-refractivity contribution in [1.29, 1.82) is 0 Å². The molecule has 0 saturated heterocycles. The standard InChI is InChI=1S/C6H8N4O/c1-8-6-4(5(7)11)9-2-3-10-6/h2-3H,1H3,(H2,7,11)(H,8,10). The molecule has 0 aliphatic heterocycles. The number of rotatable bonds is 2. The third-order valence-electron chi connectivity index (χ3n) is 1.17. The summed E-state index contributed by atoms with van der Waals surface area (Å²) in [6.45, 7) is 0. The highest BCUT2D eigenvalue weighted by atomic mass is 16.1. The van der Waals surface area contributed by atoms with Gasteiger partial charge in [0.25, 0.3) is 5.91 Å². The van der Waals surface area contributed by atoms with Crippen molar-refractivity contribution in [1.82, 2.24) is 9.97 Å². The number of nitrogens with one attached hydrogen (secondary N) is 1. The molecule has 0 spiro atoms. The van der Waals surface area contributed by atoms with Crippen LogP contribution in [0, 0.1) is 0 Å². The minimum atomic E-state index is -0.581. The van der Waals surface area contributed by atoms with Crippen molar-refractivity contribution in [2.24, 2.45) is 5.73 Å². The maximum absolute atomic E-state index is 10.7. The Morgan fingerprint density at radius 2 is 2.18 bits per heavy atom. The molecule has 58 valence electrons. The second-order valence-corrected chi connectivity index (χ2v) is 1.87. The lowest BCUT2D eigenvalue weighted by Gasteiger charge is -2.00. The molecule has 0 fully saturated rings. The summed E-state index contributed by atoms with van der Waals surface area (Å²) in [4.78, 5) is 18.3. The summed E-state index contributed by atoms with van der Waals surface area (Å²) in [6, 6.07) is 0. The van der Waals surface area contributed by atoms with Crippen molar-refractivity contribution in [3.05, 3.63) is 18.1 Å². The third-order valence-corrected chi connectivity index (χ3v) is 1.17. The Balaban J connectivity index is 3.12. The van der Waals surface area contributed by atoms with Gasteiger partial charge in [-0.15, -0.1) is 0 Å². The fraction of sp³-hybridized carbons (Fsp3) is 0.167. The number of anilines is 1. The second kappa shape index (κ2) is 2.96. The van der Waals surface area contributed by atoms with Crippen LogP contribution in [0.1, 0.15) is 10.5 Å². The average molecular weight is 152 g/mol. The average Bonchev–Trinajstić information content (AvgIpc) is 2.04. The molecule has 1 heterocycles. The van der Waals surface area contributed by atoms with Gasteiger partial charge in [0.15, 0.2) is 11.5 Å². The van der Waals surface area contributed by atoms with Gasteiger partial charge in [-0.2, -0.15) is 0 Å². The summed E-state index contributed by atoms with van der Waals surface area (Å²) in [7, 11) is 1.65. The molecule has 3 N–H and O–H groups in total. The van der Waals surface area contributed by atoms with E-state index in [2.05, 4.69) is 15.3 Å². The highest BCUT2D eigenvalue weighted by molar-refractivity contribution is 5.95. The van der Waals surface area contributed by atoms with Crippen LogP contribution in [0.15, 0.2) is 12.4 Å². The maximum Gasteiger partial charge on any atom is 0.271 e. The van der Waals surface area contributed by atoms with E-state index in [0.29, 0.717) is 5.82 Å². The van der Waals surface area contributed by atoms with Gasteiger partial charge in [0.2, 0.25) is 0 Å². The van der Waals surface area contributed by atoms with Crippen LogP contribution in [0.3, 0.4) is 0 Å². The Bertz CT molecular complexity index is 273. The molecule has 0 aliphatic carbocycles. The molecule has 0 saturated carbocycles. The van der Waals surface area contributed by atoms with E-state index in [1.165, 1.54) is 12.4 Å². The van der Waals surface area contributed by atoms with Crippen molar-refractivity contribution < 1.29 is 4.79 Å². The smallest absolute Gasteiger partial charge is 0.271 e. The summed E-state index contributed by atoms with van der Waals surface area (Å²) in [5.41, 5.74) is 5.17. The molecule has 0 atom stereocenters. The van der Waals surface area contributed by atoms with Crippen LogP contribution in [0.4, 0.5) is 5.82 Å². The monoisotopic (exact) mass is 152 g/mol. The molecule has 11 heavy (non-hydrogen) atoms. The quantitative estimate of drug-likeness (QED) is 0.605. The van der Waals surface area contributed by atoms with Crippen molar-refractivity contribution in [2.75, 3.05) is 12.4 Å². The molecule has 5 nitrogen and oxygen atoms in total. The summed E-state index contributed by atoms with van der Waals surface area (Å²) in [5, 5.41) is 2.70. The highest BCUT2D eigenvalue weighted by Crippen LogP contribution is 2.04. The zero-order valence-electron chi connectivity index (χ0n) is 6.03. The van der Waals surface area contributed by atoms with Gasteiger partial charge < -0.3 is 11.1 Å². The maximum atomic E-state index is 10.7. The van der Waals surface area contributed by atoms with Gasteiger partial charge >= 0.3 is 0 Å². The molecule has 0 aliphatic rings. The van der Waals surface area contributed by atoms with Crippen molar-refractivity contribution >= 4 is 11.7 Å². The van der Waals surface area contributed by atoms with Crippen LogP contribution in [0.25, 0.3) is 0 Å². The van der Waals surface area contributed by atoms with E-state index in [0.717, 1.165) is 0 Å². The number of carbonyl (C=O) groups is 1. The summed E-state index contributed by atoms with van der Waals surface area (Å²) < 4.78 is 0. The minimum Gasteiger partial charge on any atom is -0.371 e. The Hall–Kier alpha value is -1.65. The van der Waals surface area contributed by atoms with E-state index in [1.807, 2.05) is 0 Å². The van der Waals surface area contributed by atoms with Crippen molar-refractivity contribution in [2.45, 2.75) is 0 Å². The first-order valence-electron chi connectivity index (χ1n) is 3.04. The first-order valence-corrected chi connectivity index (χ1v) is 3.04. The molecule has 0 radical (unpaired) electrons. The van der Waals surface area contributed by atoms with Crippen LogP contribution in [-0.2, 0) is 0 Å². The SMILES string of the molecule is CNc1nccnc1C(N)=O. The predicted octanol–water partition coefficient (Wildman–Crippen LogP) is -0.383. The molecule has 0 aromatic carbocycles. The topological polar surface area (TPSA) is 80.9 Å². The van der Waals surface area contributed by atoms with Crippen molar-refractivity contribution in [3.63, 3.8) is 0 Å². The van der Waals surface area contributed by atoms with E-state index >= 15 is 0 Å². The molecule has 0 bridgehead atoms. The van der Waals surface area contributed by atoms with E-state index in [1.54, 1.807) is 7.05 Å². The molecule has 1 rings (SSSR count). The molecular weight excluding hydrogens is 144 g/mol. The molecule has 1 amide bonds. The van der Waals surface area contributed by atoms with Crippen LogP contribution in [-0.4, -0.2) is 22.9 Å². The van der Waals surface area contributed by atoms with Crippen molar-refractivity contribution in [3.8, 4) is 0 Å². The number of aromatic nitrogens is 2. The first-order chi connectivity index (χ1) is 5.25. The number of nitrogens with two attached hydrogens (primary N) is 1. The number of primary amides is 1. The Labute approximate surface area is 63.7 Å². The lowest BCUT2D eigenvalue weighted by molar-refractivity contribution is 0.0996. The Morgan fingerprint density at radius 1 is 1.55 bits per heavy atom. The highest BCUT2D eigenvalue weighted by Gasteiger charge is 2.07. The molecule has 5 heteroatoms. The summed E-state index contributed by atoms with van der Waals surface area (Å²) in [5.74, 6) is -0.178. The number of hydrogen-bond donors (Lipinski definition) is 2. The summed E-state index contributed by atoms with van der Waals surface area (Å²) in [6.07, 6.45) is 2.90. The van der Waals surface area contributed by atoms with Gasteiger partial charge in [0.1, 0.15) is 0 Å².